The van der Waals surface area contributed by atoms with Crippen molar-refractivity contribution in [1.82, 2.24) is 0 Å². The highest BCUT2D eigenvalue weighted by molar-refractivity contribution is 6.00. The van der Waals surface area contributed by atoms with E-state index in [0.717, 1.165) is 28.7 Å². The number of fused-ring (bicyclic) bond motifs is 1. The van der Waals surface area contributed by atoms with Gasteiger partial charge >= 0.3 is 0 Å². The number of carbonyl (C=O) groups is 1. The highest BCUT2D eigenvalue weighted by Crippen LogP contribution is 2.36. The summed E-state index contributed by atoms with van der Waals surface area (Å²) < 4.78 is 11.5. The molecule has 0 aliphatic carbocycles. The van der Waals surface area contributed by atoms with Crippen molar-refractivity contribution in [1.29, 1.82) is 0 Å². The average Bonchev–Trinajstić information content (AvgIpc) is 2.97. The van der Waals surface area contributed by atoms with E-state index in [-0.39, 0.29) is 5.76 Å². The molecule has 4 heteroatoms. The molecule has 4 nitrogen and oxygen atoms in total. The van der Waals surface area contributed by atoms with Crippen molar-refractivity contribution >= 4 is 16.9 Å². The highest BCUT2D eigenvalue weighted by atomic mass is 16.5. The summed E-state index contributed by atoms with van der Waals surface area (Å²) in [7, 11) is 0. The molecule has 0 saturated carbocycles. The van der Waals surface area contributed by atoms with Crippen molar-refractivity contribution in [3.63, 3.8) is 0 Å². The van der Waals surface area contributed by atoms with E-state index in [1.165, 1.54) is 0 Å². The average molecular weight is 295 g/mol. The topological polar surface area (TPSA) is 65.5 Å². The Labute approximate surface area is 128 Å². The number of carbonyl (C=O) groups excluding carboxylic acids is 1. The monoisotopic (exact) mass is 295 g/mol. The van der Waals surface area contributed by atoms with Crippen LogP contribution in [0.4, 0.5) is 0 Å². The zero-order valence-corrected chi connectivity index (χ0v) is 12.3. The maximum absolute atomic E-state index is 11.3. The summed E-state index contributed by atoms with van der Waals surface area (Å²) in [6.07, 6.45) is 0.936. The smallest absolute Gasteiger partial charge is 0.284 e. The molecule has 0 atom stereocenters. The summed E-state index contributed by atoms with van der Waals surface area (Å²) in [5.74, 6) is 0.390. The molecule has 0 unspecified atom stereocenters. The molecule has 1 heterocycles. The summed E-state index contributed by atoms with van der Waals surface area (Å²) in [4.78, 5) is 11.3. The van der Waals surface area contributed by atoms with Crippen LogP contribution in [0.15, 0.2) is 52.9 Å². The first-order chi connectivity index (χ1) is 10.7. The number of furan rings is 1. The minimum atomic E-state index is -0.572. The van der Waals surface area contributed by atoms with Gasteiger partial charge in [-0.15, -0.1) is 0 Å². The minimum Gasteiger partial charge on any atom is -0.493 e. The Morgan fingerprint density at radius 2 is 1.91 bits per heavy atom. The number of rotatable bonds is 5. The number of amides is 1. The second-order valence-electron chi connectivity index (χ2n) is 5.04. The van der Waals surface area contributed by atoms with Gasteiger partial charge in [-0.25, -0.2) is 0 Å². The number of nitrogens with two attached hydrogens (primary N) is 1. The summed E-state index contributed by atoms with van der Waals surface area (Å²) >= 11 is 0. The molecule has 22 heavy (non-hydrogen) atoms. The zero-order chi connectivity index (χ0) is 15.5. The van der Waals surface area contributed by atoms with Gasteiger partial charge in [-0.05, 0) is 18.6 Å². The fourth-order valence-electron chi connectivity index (χ4n) is 2.42. The molecule has 3 rings (SSSR count). The molecule has 2 aromatic carbocycles. The van der Waals surface area contributed by atoms with Crippen molar-refractivity contribution in [2.24, 2.45) is 5.73 Å². The van der Waals surface area contributed by atoms with Crippen LogP contribution in [-0.4, -0.2) is 12.5 Å². The van der Waals surface area contributed by atoms with E-state index in [2.05, 4.69) is 6.92 Å². The Bertz CT molecular complexity index is 820. The van der Waals surface area contributed by atoms with Crippen molar-refractivity contribution < 1.29 is 13.9 Å². The Morgan fingerprint density at radius 1 is 1.14 bits per heavy atom. The van der Waals surface area contributed by atoms with E-state index >= 15 is 0 Å². The predicted octanol–water partition coefficient (Wildman–Crippen LogP) is 3.99. The van der Waals surface area contributed by atoms with Crippen LogP contribution in [0.3, 0.4) is 0 Å². The summed E-state index contributed by atoms with van der Waals surface area (Å²) in [6, 6.07) is 15.2. The number of primary amides is 1. The van der Waals surface area contributed by atoms with Crippen molar-refractivity contribution in [2.75, 3.05) is 6.61 Å². The van der Waals surface area contributed by atoms with Gasteiger partial charge in [-0.1, -0.05) is 43.3 Å². The number of hydrogen-bond donors (Lipinski definition) is 1. The summed E-state index contributed by atoms with van der Waals surface area (Å²) in [6.45, 7) is 2.71. The maximum atomic E-state index is 11.3. The van der Waals surface area contributed by atoms with Gasteiger partial charge in [0.25, 0.3) is 5.91 Å². The number of para-hydroxylation sites is 2. The molecule has 0 saturated heterocycles. The lowest BCUT2D eigenvalue weighted by atomic mass is 10.0. The molecule has 0 spiro atoms. The van der Waals surface area contributed by atoms with E-state index in [1.807, 2.05) is 42.5 Å². The fourth-order valence-corrected chi connectivity index (χ4v) is 2.42. The van der Waals surface area contributed by atoms with Gasteiger partial charge in [-0.2, -0.15) is 0 Å². The van der Waals surface area contributed by atoms with Gasteiger partial charge in [0.15, 0.2) is 5.76 Å². The molecular formula is C18H17NO3. The zero-order valence-electron chi connectivity index (χ0n) is 12.3. The first kappa shape index (κ1) is 14.2. The normalized spacial score (nSPS) is 10.8. The van der Waals surface area contributed by atoms with Gasteiger partial charge in [0.1, 0.15) is 11.3 Å². The Kier molecular flexibility index (Phi) is 3.83. The van der Waals surface area contributed by atoms with Crippen LogP contribution in [0.5, 0.6) is 5.75 Å². The summed E-state index contributed by atoms with van der Waals surface area (Å²) in [5, 5.41) is 0.844. The Hall–Kier alpha value is -2.75. The fraction of sp³-hybridized carbons (Fsp3) is 0.167. The third-order valence-electron chi connectivity index (χ3n) is 3.43. The molecule has 1 aromatic heterocycles. The SMILES string of the molecule is CCCOc1ccccc1-c1cccc2cc(C(N)=O)oc12. The van der Waals surface area contributed by atoms with Crippen molar-refractivity contribution in [3.05, 3.63) is 54.3 Å². The molecule has 0 bridgehead atoms. The lowest BCUT2D eigenvalue weighted by Crippen LogP contribution is -2.08. The molecule has 0 aliphatic rings. The van der Waals surface area contributed by atoms with Gasteiger partial charge in [0.05, 0.1) is 6.61 Å². The maximum Gasteiger partial charge on any atom is 0.284 e. The van der Waals surface area contributed by atoms with E-state index in [0.29, 0.717) is 12.2 Å². The lowest BCUT2D eigenvalue weighted by molar-refractivity contribution is 0.0976. The Morgan fingerprint density at radius 3 is 2.68 bits per heavy atom. The quantitative estimate of drug-likeness (QED) is 0.774. The van der Waals surface area contributed by atoms with Crippen LogP contribution in [-0.2, 0) is 0 Å². The molecule has 0 aliphatic heterocycles. The minimum absolute atomic E-state index is 0.161. The van der Waals surface area contributed by atoms with Gasteiger partial charge < -0.3 is 14.9 Å². The van der Waals surface area contributed by atoms with Crippen LogP contribution in [0.25, 0.3) is 22.1 Å². The van der Waals surface area contributed by atoms with Crippen LogP contribution in [0, 0.1) is 0 Å². The number of ether oxygens (including phenoxy) is 1. The van der Waals surface area contributed by atoms with Gasteiger partial charge in [-0.3, -0.25) is 4.79 Å². The van der Waals surface area contributed by atoms with E-state index in [1.54, 1.807) is 6.07 Å². The second kappa shape index (κ2) is 5.93. The van der Waals surface area contributed by atoms with Crippen LogP contribution >= 0.6 is 0 Å². The largest absolute Gasteiger partial charge is 0.493 e. The molecule has 3 aromatic rings. The predicted molar refractivity (Wildman–Crippen MR) is 86.0 cm³/mol. The van der Waals surface area contributed by atoms with E-state index in [4.69, 9.17) is 14.9 Å². The Balaban J connectivity index is 2.16. The van der Waals surface area contributed by atoms with Gasteiger partial charge in [0, 0.05) is 16.5 Å². The van der Waals surface area contributed by atoms with Crippen LogP contribution in [0.2, 0.25) is 0 Å². The first-order valence-corrected chi connectivity index (χ1v) is 7.25. The van der Waals surface area contributed by atoms with Gasteiger partial charge in [0.2, 0.25) is 0 Å². The molecule has 112 valence electrons. The number of benzene rings is 2. The van der Waals surface area contributed by atoms with Crippen molar-refractivity contribution in [3.8, 4) is 16.9 Å². The number of hydrogen-bond acceptors (Lipinski definition) is 3. The third-order valence-corrected chi connectivity index (χ3v) is 3.43. The second-order valence-corrected chi connectivity index (χ2v) is 5.04. The first-order valence-electron chi connectivity index (χ1n) is 7.25. The molecule has 0 fully saturated rings. The molecule has 2 N–H and O–H groups in total. The standard InChI is InChI=1S/C18H17NO3/c1-2-10-21-15-9-4-3-7-13(15)14-8-5-6-12-11-16(18(19)20)22-17(12)14/h3-9,11H,2,10H2,1H3,(H2,19,20). The lowest BCUT2D eigenvalue weighted by Gasteiger charge is -2.11. The van der Waals surface area contributed by atoms with Crippen LogP contribution in [0.1, 0.15) is 23.9 Å². The van der Waals surface area contributed by atoms with Crippen LogP contribution < -0.4 is 10.5 Å². The molecule has 1 amide bonds. The van der Waals surface area contributed by atoms with Crippen molar-refractivity contribution in [2.45, 2.75) is 13.3 Å². The molecular weight excluding hydrogens is 278 g/mol. The third kappa shape index (κ3) is 2.55. The summed E-state index contributed by atoms with van der Waals surface area (Å²) in [5.41, 5.74) is 7.77. The molecule has 0 radical (unpaired) electrons. The van der Waals surface area contributed by atoms with E-state index in [9.17, 15) is 4.79 Å². The highest BCUT2D eigenvalue weighted by Gasteiger charge is 2.15. The van der Waals surface area contributed by atoms with E-state index < -0.39 is 5.91 Å².